The van der Waals surface area contributed by atoms with Gasteiger partial charge in [0, 0.05) is 25.7 Å². The maximum atomic E-state index is 13.0. The van der Waals surface area contributed by atoms with Crippen molar-refractivity contribution in [1.82, 2.24) is 4.90 Å². The predicted molar refractivity (Wildman–Crippen MR) is 75.4 cm³/mol. The topological polar surface area (TPSA) is 66.5 Å². The van der Waals surface area contributed by atoms with Crippen LogP contribution in [0.15, 0.2) is 18.2 Å². The van der Waals surface area contributed by atoms with Gasteiger partial charge in [-0.2, -0.15) is 0 Å². The number of rotatable bonds is 3. The van der Waals surface area contributed by atoms with Crippen molar-refractivity contribution in [2.45, 2.75) is 13.3 Å². The number of amides is 2. The molecule has 0 saturated carbocycles. The third kappa shape index (κ3) is 3.58. The van der Waals surface area contributed by atoms with Crippen LogP contribution in [-0.2, 0) is 14.4 Å². The Morgan fingerprint density at radius 1 is 1.38 bits per heavy atom. The highest BCUT2D eigenvalue weighted by Gasteiger charge is 2.32. The zero-order valence-electron chi connectivity index (χ0n) is 11.4. The molecule has 0 radical (unpaired) electrons. The highest BCUT2D eigenvalue weighted by atomic mass is 35.5. The molecular weight excluding hydrogens is 299 g/mol. The second-order valence-electron chi connectivity index (χ2n) is 4.91. The molecule has 1 aliphatic rings. The van der Waals surface area contributed by atoms with E-state index in [-0.39, 0.29) is 17.5 Å². The molecule has 1 aromatic rings. The van der Waals surface area contributed by atoms with Gasteiger partial charge < -0.3 is 10.2 Å². The summed E-state index contributed by atoms with van der Waals surface area (Å²) in [7, 11) is 0. The minimum Gasteiger partial charge on any atom is -0.335 e. The number of anilines is 1. The van der Waals surface area contributed by atoms with Gasteiger partial charge in [0.25, 0.3) is 5.91 Å². The van der Waals surface area contributed by atoms with Crippen LogP contribution in [0.2, 0.25) is 5.02 Å². The van der Waals surface area contributed by atoms with Crippen LogP contribution in [0.25, 0.3) is 0 Å². The first kappa shape index (κ1) is 15.4. The summed E-state index contributed by atoms with van der Waals surface area (Å²) in [4.78, 5) is 36.0. The Labute approximate surface area is 126 Å². The van der Waals surface area contributed by atoms with Crippen LogP contribution >= 0.6 is 11.6 Å². The lowest BCUT2D eigenvalue weighted by atomic mass is 10.1. The van der Waals surface area contributed by atoms with Crippen LogP contribution in [0.1, 0.15) is 13.3 Å². The molecule has 0 spiro atoms. The Morgan fingerprint density at radius 3 is 2.71 bits per heavy atom. The monoisotopic (exact) mass is 312 g/mol. The number of nitrogens with zero attached hydrogens (tertiary/aromatic N) is 1. The Kier molecular flexibility index (Phi) is 4.57. The van der Waals surface area contributed by atoms with Gasteiger partial charge in [-0.1, -0.05) is 11.6 Å². The minimum atomic E-state index is -0.574. The molecule has 1 aliphatic heterocycles. The van der Waals surface area contributed by atoms with E-state index in [0.29, 0.717) is 18.7 Å². The van der Waals surface area contributed by atoms with Gasteiger partial charge in [-0.25, -0.2) is 4.39 Å². The summed E-state index contributed by atoms with van der Waals surface area (Å²) in [5.41, 5.74) is 0.391. The summed E-state index contributed by atoms with van der Waals surface area (Å²) >= 11 is 5.64. The van der Waals surface area contributed by atoms with E-state index in [2.05, 4.69) is 5.32 Å². The lowest BCUT2D eigenvalue weighted by Gasteiger charge is -2.14. The molecule has 1 atom stereocenters. The first-order valence-corrected chi connectivity index (χ1v) is 6.82. The van der Waals surface area contributed by atoms with E-state index in [1.54, 1.807) is 0 Å². The number of ketones is 1. The fourth-order valence-electron chi connectivity index (χ4n) is 2.20. The van der Waals surface area contributed by atoms with Gasteiger partial charge in [0.05, 0.1) is 10.9 Å². The summed E-state index contributed by atoms with van der Waals surface area (Å²) in [5, 5.41) is 2.55. The molecule has 0 unspecified atom stereocenters. The molecule has 1 fully saturated rings. The number of nitrogens with one attached hydrogen (secondary N) is 1. The first-order valence-electron chi connectivity index (χ1n) is 6.44. The molecule has 2 rings (SSSR count). The minimum absolute atomic E-state index is 0.0763. The largest absolute Gasteiger partial charge is 0.335 e. The third-order valence-electron chi connectivity index (χ3n) is 3.33. The van der Waals surface area contributed by atoms with Crippen LogP contribution < -0.4 is 5.32 Å². The highest BCUT2D eigenvalue weighted by Crippen LogP contribution is 2.22. The normalized spacial score (nSPS) is 17.7. The van der Waals surface area contributed by atoms with Crippen LogP contribution in [0.5, 0.6) is 0 Å². The fraction of sp³-hybridized carbons (Fsp3) is 0.357. The van der Waals surface area contributed by atoms with E-state index in [0.717, 1.165) is 6.07 Å². The standard InChI is InChI=1S/C14H14ClFN2O3/c1-8(19)14(21)18-5-4-9(7-18)13(20)17-10-2-3-12(16)11(15)6-10/h2-3,6,9H,4-5,7H2,1H3,(H,17,20)/t9-/m0/s1. The average Bonchev–Trinajstić information content (AvgIpc) is 2.91. The molecular formula is C14H14ClFN2O3. The van der Waals surface area contributed by atoms with Crippen molar-refractivity contribution >= 4 is 34.9 Å². The maximum absolute atomic E-state index is 13.0. The molecule has 112 valence electrons. The van der Waals surface area contributed by atoms with Gasteiger partial charge in [-0.05, 0) is 24.6 Å². The van der Waals surface area contributed by atoms with Crippen LogP contribution in [0.4, 0.5) is 10.1 Å². The number of halogens is 2. The molecule has 1 aromatic carbocycles. The maximum Gasteiger partial charge on any atom is 0.289 e. The molecule has 1 N–H and O–H groups in total. The first-order chi connectivity index (χ1) is 9.88. The number of benzene rings is 1. The van der Waals surface area contributed by atoms with Gasteiger partial charge in [-0.15, -0.1) is 0 Å². The SMILES string of the molecule is CC(=O)C(=O)N1CC[C@H](C(=O)Nc2ccc(F)c(Cl)c2)C1. The third-order valence-corrected chi connectivity index (χ3v) is 3.62. The smallest absolute Gasteiger partial charge is 0.289 e. The fourth-order valence-corrected chi connectivity index (χ4v) is 2.38. The summed E-state index contributed by atoms with van der Waals surface area (Å²) < 4.78 is 13.0. The van der Waals surface area contributed by atoms with E-state index in [9.17, 15) is 18.8 Å². The van der Waals surface area contributed by atoms with Crippen LogP contribution in [0.3, 0.4) is 0 Å². The van der Waals surface area contributed by atoms with Crippen LogP contribution in [0, 0.1) is 11.7 Å². The van der Waals surface area contributed by atoms with Gasteiger partial charge in [-0.3, -0.25) is 14.4 Å². The summed E-state index contributed by atoms with van der Waals surface area (Å²) in [5.74, 6) is -2.35. The van der Waals surface area contributed by atoms with E-state index in [1.165, 1.54) is 24.0 Å². The van der Waals surface area contributed by atoms with Crippen molar-refractivity contribution in [2.24, 2.45) is 5.92 Å². The zero-order valence-corrected chi connectivity index (χ0v) is 12.1. The van der Waals surface area contributed by atoms with E-state index in [4.69, 9.17) is 11.6 Å². The van der Waals surface area contributed by atoms with Crippen LogP contribution in [-0.4, -0.2) is 35.6 Å². The van der Waals surface area contributed by atoms with Crippen molar-refractivity contribution in [3.63, 3.8) is 0 Å². The molecule has 5 nitrogen and oxygen atoms in total. The van der Waals surface area contributed by atoms with Gasteiger partial charge in [0.15, 0.2) is 0 Å². The van der Waals surface area contributed by atoms with Crippen molar-refractivity contribution in [3.05, 3.63) is 29.0 Å². The molecule has 0 aliphatic carbocycles. The molecule has 0 aromatic heterocycles. The summed E-state index contributed by atoms with van der Waals surface area (Å²) in [6.45, 7) is 1.79. The quantitative estimate of drug-likeness (QED) is 0.866. The number of Topliss-reactive ketones (excluding diaryl/α,β-unsaturated/α-hetero) is 1. The number of hydrogen-bond donors (Lipinski definition) is 1. The second kappa shape index (κ2) is 6.22. The number of hydrogen-bond acceptors (Lipinski definition) is 3. The number of carbonyl (C=O) groups excluding carboxylic acids is 3. The average molecular weight is 313 g/mol. The lowest BCUT2D eigenvalue weighted by Crippen LogP contribution is -2.35. The highest BCUT2D eigenvalue weighted by molar-refractivity contribution is 6.35. The zero-order chi connectivity index (χ0) is 15.6. The van der Waals surface area contributed by atoms with Gasteiger partial charge in [0.2, 0.25) is 11.7 Å². The Morgan fingerprint density at radius 2 is 2.10 bits per heavy atom. The van der Waals surface area contributed by atoms with Crippen molar-refractivity contribution in [3.8, 4) is 0 Å². The summed E-state index contributed by atoms with van der Waals surface area (Å²) in [6.07, 6.45) is 0.486. The Hall–Kier alpha value is -1.95. The molecule has 1 heterocycles. The van der Waals surface area contributed by atoms with Crippen molar-refractivity contribution < 1.29 is 18.8 Å². The Balaban J connectivity index is 1.97. The van der Waals surface area contributed by atoms with Gasteiger partial charge in [0.1, 0.15) is 5.82 Å². The number of likely N-dealkylation sites (tertiary alicyclic amines) is 1. The summed E-state index contributed by atoms with van der Waals surface area (Å²) in [6, 6.07) is 3.90. The molecule has 0 bridgehead atoms. The predicted octanol–water partition coefficient (Wildman–Crippen LogP) is 1.86. The molecule has 7 heteroatoms. The van der Waals surface area contributed by atoms with E-state index in [1.807, 2.05) is 0 Å². The Bertz CT molecular complexity index is 606. The molecule has 2 amide bonds. The number of carbonyl (C=O) groups is 3. The molecule has 21 heavy (non-hydrogen) atoms. The van der Waals surface area contributed by atoms with Gasteiger partial charge >= 0.3 is 0 Å². The lowest BCUT2D eigenvalue weighted by molar-refractivity contribution is -0.143. The van der Waals surface area contributed by atoms with Crippen molar-refractivity contribution in [2.75, 3.05) is 18.4 Å². The second-order valence-corrected chi connectivity index (χ2v) is 5.32. The van der Waals surface area contributed by atoms with E-state index < -0.39 is 23.4 Å². The van der Waals surface area contributed by atoms with Crippen molar-refractivity contribution in [1.29, 1.82) is 0 Å². The van der Waals surface area contributed by atoms with E-state index >= 15 is 0 Å². The molecule has 1 saturated heterocycles.